The second kappa shape index (κ2) is 4.74. The van der Waals surface area contributed by atoms with E-state index in [9.17, 15) is 43.9 Å². The Kier molecular flexibility index (Phi) is 3.84. The summed E-state index contributed by atoms with van der Waals surface area (Å²) in [7, 11) is 0. The summed E-state index contributed by atoms with van der Waals surface area (Å²) in [5.41, 5.74) is -3.10. The van der Waals surface area contributed by atoms with Crippen molar-refractivity contribution < 1.29 is 43.9 Å². The summed E-state index contributed by atoms with van der Waals surface area (Å²) in [5.74, 6) is -30.4. The first kappa shape index (κ1) is 17.0. The molecule has 0 spiro atoms. The highest BCUT2D eigenvalue weighted by Gasteiger charge is 2.74. The predicted octanol–water partition coefficient (Wildman–Crippen LogP) is 3.52. The quantitative estimate of drug-likeness (QED) is 0.629. The lowest BCUT2D eigenvalue weighted by molar-refractivity contribution is -0.298. The Balaban J connectivity index is 3.64. The number of hydrogen-bond acceptors (Lipinski definition) is 2. The molecule has 12 heteroatoms. The summed E-state index contributed by atoms with van der Waals surface area (Å²) < 4.78 is 128. The zero-order chi connectivity index (χ0) is 16.8. The van der Waals surface area contributed by atoms with Crippen LogP contribution in [0.3, 0.4) is 0 Å². The van der Waals surface area contributed by atoms with Crippen molar-refractivity contribution in [3.05, 3.63) is 29.1 Å². The average Bonchev–Trinajstić information content (AvgIpc) is 2.39. The van der Waals surface area contributed by atoms with E-state index < -0.39 is 52.9 Å². The summed E-state index contributed by atoms with van der Waals surface area (Å²) in [4.78, 5) is 1.69. The van der Waals surface area contributed by atoms with Crippen molar-refractivity contribution in [3.8, 4) is 6.07 Å². The molecule has 0 unspecified atom stereocenters. The van der Waals surface area contributed by atoms with Gasteiger partial charge < -0.3 is 0 Å². The minimum atomic E-state index is -6.57. The second-order valence-corrected chi connectivity index (χ2v) is 3.53. The topological polar surface area (TPSA) is 36.7 Å². The van der Waals surface area contributed by atoms with Crippen LogP contribution in [0.4, 0.5) is 43.9 Å². The van der Waals surface area contributed by atoms with E-state index in [1.54, 1.807) is 4.98 Å². The van der Waals surface area contributed by atoms with Gasteiger partial charge in [-0.3, -0.25) is 0 Å². The second-order valence-electron chi connectivity index (χ2n) is 3.53. The highest BCUT2D eigenvalue weighted by molar-refractivity contribution is 5.23. The van der Waals surface area contributed by atoms with Gasteiger partial charge in [-0.1, -0.05) is 0 Å². The van der Waals surface area contributed by atoms with Crippen LogP contribution in [0.2, 0.25) is 0 Å². The number of pyridine rings is 1. The van der Waals surface area contributed by atoms with Crippen molar-refractivity contribution in [2.24, 2.45) is 0 Å². The first-order chi connectivity index (χ1) is 9.31. The molecule has 0 radical (unpaired) electrons. The van der Waals surface area contributed by atoms with Crippen LogP contribution in [0.5, 0.6) is 0 Å². The van der Waals surface area contributed by atoms with Gasteiger partial charge in [-0.2, -0.15) is 40.4 Å². The van der Waals surface area contributed by atoms with Crippen LogP contribution in [-0.2, 0) is 5.92 Å². The molecule has 0 fully saturated rings. The van der Waals surface area contributed by atoms with Crippen LogP contribution in [0, 0.1) is 34.7 Å². The largest absolute Gasteiger partial charge is 0.400 e. The van der Waals surface area contributed by atoms with E-state index in [0.717, 1.165) is 0 Å². The molecule has 0 saturated carbocycles. The minimum Gasteiger partial charge on any atom is -0.212 e. The molecule has 1 aromatic rings. The summed E-state index contributed by atoms with van der Waals surface area (Å²) >= 11 is 0. The lowest BCUT2D eigenvalue weighted by Crippen LogP contribution is -2.52. The maximum absolute atomic E-state index is 13.2. The van der Waals surface area contributed by atoms with Crippen molar-refractivity contribution in [1.82, 2.24) is 4.98 Å². The minimum absolute atomic E-state index is 0.458. The van der Waals surface area contributed by atoms with Gasteiger partial charge in [0.25, 0.3) is 5.95 Å². The molecule has 21 heavy (non-hydrogen) atoms. The molecule has 1 rings (SSSR count). The smallest absolute Gasteiger partial charge is 0.212 e. The summed E-state index contributed by atoms with van der Waals surface area (Å²) in [6.07, 6.45) is 0. The van der Waals surface area contributed by atoms with Crippen LogP contribution in [0.25, 0.3) is 0 Å². The molecule has 2 nitrogen and oxygen atoms in total. The van der Waals surface area contributed by atoms with Gasteiger partial charge >= 0.3 is 17.8 Å². The zero-order valence-corrected chi connectivity index (χ0v) is 9.17. The predicted molar refractivity (Wildman–Crippen MR) is 43.5 cm³/mol. The highest BCUT2D eigenvalue weighted by Crippen LogP contribution is 2.51. The molecule has 0 aromatic carbocycles. The third kappa shape index (κ3) is 2.26. The Morgan fingerprint density at radius 2 is 1.29 bits per heavy atom. The third-order valence-corrected chi connectivity index (χ3v) is 2.21. The Bertz CT molecular complexity index is 618. The fourth-order valence-electron chi connectivity index (χ4n) is 1.11. The summed E-state index contributed by atoms with van der Waals surface area (Å²) in [5, 5.41) is 7.73. The Hall–Kier alpha value is -2.06. The lowest BCUT2D eigenvalue weighted by atomic mass is 10.0. The van der Waals surface area contributed by atoms with Crippen LogP contribution in [0.1, 0.15) is 5.69 Å². The van der Waals surface area contributed by atoms with E-state index in [-0.39, 0.29) is 0 Å². The molecule has 0 N–H and O–H groups in total. The van der Waals surface area contributed by atoms with E-state index in [4.69, 9.17) is 5.26 Å². The van der Waals surface area contributed by atoms with E-state index in [1.165, 1.54) is 0 Å². The molecule has 0 aliphatic carbocycles. The number of rotatable bonds is 3. The number of halogens is 10. The fourth-order valence-corrected chi connectivity index (χ4v) is 1.11. The number of nitrogens with zero attached hydrogens (tertiary/aromatic N) is 2. The SMILES string of the molecule is N#CC(F)(F)C(F)(F)C(F)(F)c1nc(F)c(F)c(F)c1F. The molecule has 0 saturated heterocycles. The summed E-state index contributed by atoms with van der Waals surface area (Å²) in [6.45, 7) is 0. The van der Waals surface area contributed by atoms with Crippen LogP contribution < -0.4 is 0 Å². The molecular weight excluding hydrogens is 326 g/mol. The number of alkyl halides is 6. The van der Waals surface area contributed by atoms with Crippen molar-refractivity contribution in [3.63, 3.8) is 0 Å². The third-order valence-electron chi connectivity index (χ3n) is 2.21. The van der Waals surface area contributed by atoms with Gasteiger partial charge in [-0.25, -0.2) is 13.8 Å². The van der Waals surface area contributed by atoms with Gasteiger partial charge in [0.2, 0.25) is 11.6 Å². The highest BCUT2D eigenvalue weighted by atomic mass is 19.3. The van der Waals surface area contributed by atoms with Gasteiger partial charge in [-0.05, 0) is 0 Å². The molecule has 0 amide bonds. The van der Waals surface area contributed by atoms with Crippen LogP contribution >= 0.6 is 0 Å². The lowest BCUT2D eigenvalue weighted by Gasteiger charge is -2.28. The van der Waals surface area contributed by atoms with Crippen LogP contribution in [-0.4, -0.2) is 16.8 Å². The van der Waals surface area contributed by atoms with Gasteiger partial charge in [0.1, 0.15) is 6.07 Å². The molecular formula is C9F10N2. The van der Waals surface area contributed by atoms with Crippen molar-refractivity contribution in [2.45, 2.75) is 17.8 Å². The molecule has 1 heterocycles. The monoisotopic (exact) mass is 326 g/mol. The van der Waals surface area contributed by atoms with Gasteiger partial charge in [0, 0.05) is 0 Å². The van der Waals surface area contributed by atoms with E-state index in [0.29, 0.717) is 0 Å². The molecule has 0 aliphatic rings. The standard InChI is InChI=1S/C9F10N2/c10-2-3(11)5(21-6(13)4(2)12)8(16,17)9(18,19)7(14,15)1-20. The maximum atomic E-state index is 13.2. The molecule has 116 valence electrons. The molecule has 0 aliphatic heterocycles. The Morgan fingerprint density at radius 3 is 1.71 bits per heavy atom. The van der Waals surface area contributed by atoms with Crippen molar-refractivity contribution >= 4 is 0 Å². The van der Waals surface area contributed by atoms with E-state index in [1.807, 2.05) is 0 Å². The average molecular weight is 326 g/mol. The zero-order valence-electron chi connectivity index (χ0n) is 9.17. The van der Waals surface area contributed by atoms with Crippen molar-refractivity contribution in [1.29, 1.82) is 5.26 Å². The Morgan fingerprint density at radius 1 is 0.810 bits per heavy atom. The van der Waals surface area contributed by atoms with Gasteiger partial charge in [-0.15, -0.1) is 0 Å². The number of aromatic nitrogens is 1. The summed E-state index contributed by atoms with van der Waals surface area (Å²) in [6, 6.07) is -0.458. The normalized spacial score (nSPS) is 13.2. The number of hydrogen-bond donors (Lipinski definition) is 0. The van der Waals surface area contributed by atoms with Gasteiger partial charge in [0.15, 0.2) is 11.5 Å². The Labute approximate surface area is 108 Å². The fraction of sp³-hybridized carbons (Fsp3) is 0.333. The van der Waals surface area contributed by atoms with E-state index in [2.05, 4.69) is 0 Å². The van der Waals surface area contributed by atoms with Crippen molar-refractivity contribution in [2.75, 3.05) is 0 Å². The number of nitriles is 1. The maximum Gasteiger partial charge on any atom is 0.400 e. The molecule has 0 atom stereocenters. The van der Waals surface area contributed by atoms with Crippen LogP contribution in [0.15, 0.2) is 0 Å². The molecule has 1 aromatic heterocycles. The van der Waals surface area contributed by atoms with E-state index >= 15 is 0 Å². The molecule has 0 bridgehead atoms. The van der Waals surface area contributed by atoms with Gasteiger partial charge in [0.05, 0.1) is 0 Å². The first-order valence-corrected chi connectivity index (χ1v) is 4.56. The first-order valence-electron chi connectivity index (χ1n) is 4.56.